The summed E-state index contributed by atoms with van der Waals surface area (Å²) in [5.74, 6) is -3.71. The molecule has 0 fully saturated rings. The van der Waals surface area contributed by atoms with Crippen molar-refractivity contribution in [3.63, 3.8) is 0 Å². The summed E-state index contributed by atoms with van der Waals surface area (Å²) in [5.41, 5.74) is -0.00693. The van der Waals surface area contributed by atoms with Crippen LogP contribution in [-0.2, 0) is 27.5 Å². The SMILES string of the molecule is CN(C)CCCN(Cc1ccco1)Cc1c(-c2ccc(F)cc2)nc2ncccn12.O=C(O)CC(O)(CC(=O)O)C(=O)O. The quantitative estimate of drug-likeness (QED) is 0.167. The number of aliphatic hydroxyl groups is 1. The number of hydrogen-bond acceptors (Lipinski definition) is 9. The smallest absolute Gasteiger partial charge is 0.336 e. The molecule has 0 saturated carbocycles. The maximum absolute atomic E-state index is 13.5. The molecule has 0 aliphatic heterocycles. The van der Waals surface area contributed by atoms with Gasteiger partial charge in [0.1, 0.15) is 11.6 Å². The van der Waals surface area contributed by atoms with E-state index < -0.39 is 36.4 Å². The van der Waals surface area contributed by atoms with Crippen molar-refractivity contribution in [3.8, 4) is 11.3 Å². The molecule has 0 bridgehead atoms. The fraction of sp³-hybridized carbons (Fsp3) is 0.345. The highest BCUT2D eigenvalue weighted by Gasteiger charge is 2.40. The highest BCUT2D eigenvalue weighted by molar-refractivity contribution is 5.88. The first-order chi connectivity index (χ1) is 20.4. The van der Waals surface area contributed by atoms with Gasteiger partial charge in [-0.15, -0.1) is 0 Å². The zero-order chi connectivity index (χ0) is 31.6. The number of halogens is 1. The van der Waals surface area contributed by atoms with Crippen molar-refractivity contribution < 1.29 is 43.6 Å². The number of nitrogens with zero attached hydrogens (tertiary/aromatic N) is 5. The number of imidazole rings is 1. The number of rotatable bonds is 14. The van der Waals surface area contributed by atoms with Crippen LogP contribution >= 0.6 is 0 Å². The van der Waals surface area contributed by atoms with Gasteiger partial charge in [-0.25, -0.2) is 19.2 Å². The van der Waals surface area contributed by atoms with Gasteiger partial charge in [0.25, 0.3) is 0 Å². The third kappa shape index (κ3) is 9.70. The Kier molecular flexibility index (Phi) is 11.5. The van der Waals surface area contributed by atoms with Crippen LogP contribution in [0.5, 0.6) is 0 Å². The lowest BCUT2D eigenvalue weighted by Gasteiger charge is -2.22. The van der Waals surface area contributed by atoms with Gasteiger partial charge in [0, 0.05) is 31.0 Å². The number of carboxylic acid groups (broad SMARTS) is 3. The van der Waals surface area contributed by atoms with E-state index >= 15 is 0 Å². The summed E-state index contributed by atoms with van der Waals surface area (Å²) in [6.07, 6.45) is 4.16. The van der Waals surface area contributed by atoms with Crippen molar-refractivity contribution in [2.24, 2.45) is 0 Å². The van der Waals surface area contributed by atoms with Crippen LogP contribution in [0, 0.1) is 5.82 Å². The normalized spacial score (nSPS) is 11.5. The summed E-state index contributed by atoms with van der Waals surface area (Å²) in [6.45, 7) is 3.30. The van der Waals surface area contributed by atoms with Crippen LogP contribution in [-0.4, -0.2) is 95.3 Å². The molecular weight excluding hydrogens is 565 g/mol. The van der Waals surface area contributed by atoms with Crippen molar-refractivity contribution in [2.75, 3.05) is 27.2 Å². The van der Waals surface area contributed by atoms with Gasteiger partial charge in [0.2, 0.25) is 5.78 Å². The van der Waals surface area contributed by atoms with Gasteiger partial charge in [-0.1, -0.05) is 0 Å². The second-order valence-corrected chi connectivity index (χ2v) is 10.1. The number of hydrogen-bond donors (Lipinski definition) is 4. The largest absolute Gasteiger partial charge is 0.481 e. The lowest BCUT2D eigenvalue weighted by molar-refractivity contribution is -0.170. The number of carboxylic acids is 3. The standard InChI is InChI=1S/C23H26FN5O.C6H8O7/c1-27(2)12-5-13-28(16-20-6-3-15-30-20)17-21-22(18-7-9-19(24)10-8-18)26-23-25-11-4-14-29(21)23;7-3(8)1-6(13,5(11)12)2-4(9)10/h3-4,6-11,14-15H,5,12-13,16-17H2,1-2H3;13H,1-2H2,(H,7,8)(H,9,10)(H,11,12). The molecule has 0 unspecified atom stereocenters. The Labute approximate surface area is 246 Å². The van der Waals surface area contributed by atoms with Crippen LogP contribution < -0.4 is 0 Å². The van der Waals surface area contributed by atoms with E-state index in [1.54, 1.807) is 24.6 Å². The summed E-state index contributed by atoms with van der Waals surface area (Å²) >= 11 is 0. The molecule has 14 heteroatoms. The Morgan fingerprint density at radius 2 is 1.65 bits per heavy atom. The lowest BCUT2D eigenvalue weighted by Crippen LogP contribution is -2.42. The van der Waals surface area contributed by atoms with Crippen LogP contribution in [0.4, 0.5) is 4.39 Å². The van der Waals surface area contributed by atoms with Crippen molar-refractivity contribution in [3.05, 3.63) is 78.4 Å². The number of carbonyl (C=O) groups is 3. The van der Waals surface area contributed by atoms with E-state index in [1.165, 1.54) is 12.1 Å². The minimum absolute atomic E-state index is 0.259. The highest BCUT2D eigenvalue weighted by Crippen LogP contribution is 2.26. The van der Waals surface area contributed by atoms with Crippen LogP contribution in [0.25, 0.3) is 17.0 Å². The molecule has 4 aromatic rings. The van der Waals surface area contributed by atoms with Crippen LogP contribution in [0.1, 0.15) is 30.7 Å². The Hall–Kier alpha value is -4.66. The first-order valence-electron chi connectivity index (χ1n) is 13.2. The van der Waals surface area contributed by atoms with E-state index in [9.17, 15) is 18.8 Å². The number of aromatic nitrogens is 3. The molecule has 0 atom stereocenters. The van der Waals surface area contributed by atoms with E-state index in [0.29, 0.717) is 18.9 Å². The number of aliphatic carboxylic acids is 3. The number of fused-ring (bicyclic) bond motifs is 1. The lowest BCUT2D eigenvalue weighted by atomic mass is 9.96. The summed E-state index contributed by atoms with van der Waals surface area (Å²) in [4.78, 5) is 44.2. The van der Waals surface area contributed by atoms with Crippen LogP contribution in [0.15, 0.2) is 65.5 Å². The topological polar surface area (TPSA) is 182 Å². The molecule has 4 N–H and O–H groups in total. The molecule has 0 radical (unpaired) electrons. The van der Waals surface area contributed by atoms with Gasteiger partial charge in [0.15, 0.2) is 5.60 Å². The fourth-order valence-corrected chi connectivity index (χ4v) is 4.30. The van der Waals surface area contributed by atoms with Crippen LogP contribution in [0.3, 0.4) is 0 Å². The molecule has 230 valence electrons. The Morgan fingerprint density at radius 3 is 2.21 bits per heavy atom. The highest BCUT2D eigenvalue weighted by atomic mass is 19.1. The first-order valence-corrected chi connectivity index (χ1v) is 13.2. The summed E-state index contributed by atoms with van der Waals surface area (Å²) in [7, 11) is 4.17. The Bertz CT molecular complexity index is 1490. The minimum Gasteiger partial charge on any atom is -0.481 e. The molecule has 13 nitrogen and oxygen atoms in total. The maximum Gasteiger partial charge on any atom is 0.336 e. The second-order valence-electron chi connectivity index (χ2n) is 10.1. The van der Waals surface area contributed by atoms with Crippen molar-refractivity contribution in [1.82, 2.24) is 24.2 Å². The van der Waals surface area contributed by atoms with Gasteiger partial charge in [-0.2, -0.15) is 0 Å². The van der Waals surface area contributed by atoms with E-state index in [4.69, 9.17) is 29.8 Å². The molecule has 0 saturated heterocycles. The van der Waals surface area contributed by atoms with E-state index in [0.717, 1.165) is 42.2 Å². The zero-order valence-electron chi connectivity index (χ0n) is 23.8. The monoisotopic (exact) mass is 599 g/mol. The van der Waals surface area contributed by atoms with Crippen LogP contribution in [0.2, 0.25) is 0 Å². The molecule has 3 heterocycles. The average molecular weight is 600 g/mol. The van der Waals surface area contributed by atoms with Gasteiger partial charge in [0.05, 0.1) is 37.0 Å². The third-order valence-electron chi connectivity index (χ3n) is 6.32. The molecule has 0 aliphatic rings. The van der Waals surface area contributed by atoms with Crippen molar-refractivity contribution in [1.29, 1.82) is 0 Å². The number of furan rings is 1. The van der Waals surface area contributed by atoms with Gasteiger partial charge >= 0.3 is 17.9 Å². The molecular formula is C29H34FN5O8. The van der Waals surface area contributed by atoms with Crippen molar-refractivity contribution in [2.45, 2.75) is 38.0 Å². The average Bonchev–Trinajstić information content (AvgIpc) is 3.56. The van der Waals surface area contributed by atoms with E-state index in [2.05, 4.69) is 28.9 Å². The van der Waals surface area contributed by atoms with E-state index in [1.807, 2.05) is 28.8 Å². The number of benzene rings is 1. The Balaban J connectivity index is 0.000000331. The fourth-order valence-electron chi connectivity index (χ4n) is 4.30. The van der Waals surface area contributed by atoms with Gasteiger partial charge in [-0.05, 0) is 69.5 Å². The summed E-state index contributed by atoms with van der Waals surface area (Å²) < 4.78 is 21.1. The molecule has 4 rings (SSSR count). The summed E-state index contributed by atoms with van der Waals surface area (Å²) in [5, 5.41) is 33.8. The predicted molar refractivity (Wildman–Crippen MR) is 151 cm³/mol. The maximum atomic E-state index is 13.5. The van der Waals surface area contributed by atoms with Gasteiger partial charge < -0.3 is 29.7 Å². The molecule has 0 aliphatic carbocycles. The molecule has 0 spiro atoms. The van der Waals surface area contributed by atoms with Crippen molar-refractivity contribution >= 4 is 23.7 Å². The second kappa shape index (κ2) is 15.0. The molecule has 43 heavy (non-hydrogen) atoms. The molecule has 1 aromatic carbocycles. The Morgan fingerprint density at radius 1 is 0.977 bits per heavy atom. The zero-order valence-corrected chi connectivity index (χ0v) is 23.8. The van der Waals surface area contributed by atoms with E-state index in [-0.39, 0.29) is 5.82 Å². The predicted octanol–water partition coefficient (Wildman–Crippen LogP) is 2.83. The minimum atomic E-state index is -2.74. The molecule has 3 aromatic heterocycles. The first kappa shape index (κ1) is 32.8. The summed E-state index contributed by atoms with van der Waals surface area (Å²) in [6, 6.07) is 12.3. The third-order valence-corrected chi connectivity index (χ3v) is 6.32. The molecule has 0 amide bonds. The van der Waals surface area contributed by atoms with Gasteiger partial charge in [-0.3, -0.25) is 18.9 Å².